The lowest BCUT2D eigenvalue weighted by atomic mass is 10.2. The minimum absolute atomic E-state index is 0.739. The quantitative estimate of drug-likeness (QED) is 0.796. The molecule has 0 aromatic heterocycles. The molecular weight excluding hydrogens is 246 g/mol. The number of methoxy groups -OCH3 is 1. The van der Waals surface area contributed by atoms with Crippen LogP contribution < -0.4 is 15.8 Å². The molecule has 0 radical (unpaired) electrons. The SMILES string of the molecule is COc1ccc(NCCN2CCSCC2)c(N)c1. The molecule has 1 aromatic carbocycles. The largest absolute Gasteiger partial charge is 0.497 e. The van der Waals surface area contributed by atoms with Gasteiger partial charge in [-0.05, 0) is 12.1 Å². The number of hydrogen-bond donors (Lipinski definition) is 2. The van der Waals surface area contributed by atoms with Gasteiger partial charge in [-0.25, -0.2) is 0 Å². The van der Waals surface area contributed by atoms with Crippen molar-refractivity contribution in [3.8, 4) is 5.75 Å². The molecule has 0 bridgehead atoms. The molecule has 2 rings (SSSR count). The summed E-state index contributed by atoms with van der Waals surface area (Å²) < 4.78 is 5.13. The second kappa shape index (κ2) is 6.75. The Morgan fingerprint density at radius 1 is 1.39 bits per heavy atom. The minimum Gasteiger partial charge on any atom is -0.497 e. The van der Waals surface area contributed by atoms with Crippen molar-refractivity contribution in [1.29, 1.82) is 0 Å². The van der Waals surface area contributed by atoms with Crippen molar-refractivity contribution < 1.29 is 4.74 Å². The highest BCUT2D eigenvalue weighted by Crippen LogP contribution is 2.23. The lowest BCUT2D eigenvalue weighted by molar-refractivity contribution is 0.314. The number of ether oxygens (including phenoxy) is 1. The Balaban J connectivity index is 1.79. The first-order valence-corrected chi connectivity index (χ1v) is 7.42. The molecule has 1 heterocycles. The summed E-state index contributed by atoms with van der Waals surface area (Å²) in [5.41, 5.74) is 7.68. The van der Waals surface area contributed by atoms with E-state index in [9.17, 15) is 0 Å². The van der Waals surface area contributed by atoms with Gasteiger partial charge in [-0.1, -0.05) is 0 Å². The average molecular weight is 267 g/mol. The Morgan fingerprint density at radius 2 is 2.17 bits per heavy atom. The molecule has 1 fully saturated rings. The van der Waals surface area contributed by atoms with Crippen LogP contribution >= 0.6 is 11.8 Å². The normalized spacial score (nSPS) is 16.5. The first-order chi connectivity index (χ1) is 8.79. The maximum absolute atomic E-state index is 5.96. The summed E-state index contributed by atoms with van der Waals surface area (Å²) in [7, 11) is 1.65. The van der Waals surface area contributed by atoms with Gasteiger partial charge >= 0.3 is 0 Å². The van der Waals surface area contributed by atoms with Crippen LogP contribution in [0.2, 0.25) is 0 Å². The van der Waals surface area contributed by atoms with Gasteiger partial charge in [-0.3, -0.25) is 4.90 Å². The highest BCUT2D eigenvalue weighted by molar-refractivity contribution is 7.99. The maximum atomic E-state index is 5.96. The van der Waals surface area contributed by atoms with Gasteiger partial charge in [-0.15, -0.1) is 0 Å². The molecule has 0 aliphatic carbocycles. The number of hydrogen-bond acceptors (Lipinski definition) is 5. The molecule has 0 atom stereocenters. The van der Waals surface area contributed by atoms with E-state index in [1.54, 1.807) is 7.11 Å². The fraction of sp³-hybridized carbons (Fsp3) is 0.538. The molecule has 100 valence electrons. The smallest absolute Gasteiger partial charge is 0.121 e. The monoisotopic (exact) mass is 267 g/mol. The van der Waals surface area contributed by atoms with Crippen LogP contribution in [0, 0.1) is 0 Å². The third-order valence-electron chi connectivity index (χ3n) is 3.11. The maximum Gasteiger partial charge on any atom is 0.121 e. The zero-order valence-corrected chi connectivity index (χ0v) is 11.6. The van der Waals surface area contributed by atoms with E-state index in [2.05, 4.69) is 10.2 Å². The van der Waals surface area contributed by atoms with Crippen molar-refractivity contribution in [3.63, 3.8) is 0 Å². The van der Waals surface area contributed by atoms with Crippen LogP contribution in [0.4, 0.5) is 11.4 Å². The van der Waals surface area contributed by atoms with Crippen molar-refractivity contribution in [3.05, 3.63) is 18.2 Å². The Labute approximate surface area is 113 Å². The number of nitrogens with one attached hydrogen (secondary N) is 1. The van der Waals surface area contributed by atoms with E-state index in [0.717, 1.165) is 30.2 Å². The Morgan fingerprint density at radius 3 is 2.83 bits per heavy atom. The lowest BCUT2D eigenvalue weighted by Gasteiger charge is -2.26. The predicted octanol–water partition coefficient (Wildman–Crippen LogP) is 1.74. The van der Waals surface area contributed by atoms with Crippen LogP contribution in [-0.2, 0) is 0 Å². The summed E-state index contributed by atoms with van der Waals surface area (Å²) in [5, 5.41) is 3.38. The highest BCUT2D eigenvalue weighted by Gasteiger charge is 2.09. The van der Waals surface area contributed by atoms with Gasteiger partial charge in [0.05, 0.1) is 18.5 Å². The number of nitrogens with two attached hydrogens (primary N) is 1. The Bertz CT molecular complexity index is 380. The van der Waals surface area contributed by atoms with E-state index >= 15 is 0 Å². The van der Waals surface area contributed by atoms with Crippen LogP contribution in [0.3, 0.4) is 0 Å². The topological polar surface area (TPSA) is 50.5 Å². The van der Waals surface area contributed by atoms with Crippen molar-refractivity contribution in [2.45, 2.75) is 0 Å². The fourth-order valence-corrected chi connectivity index (χ4v) is 2.98. The van der Waals surface area contributed by atoms with Crippen molar-refractivity contribution in [2.75, 3.05) is 55.8 Å². The standard InChI is InChI=1S/C13H21N3OS/c1-17-11-2-3-13(12(14)10-11)15-4-5-16-6-8-18-9-7-16/h2-3,10,15H,4-9,14H2,1H3. The molecule has 18 heavy (non-hydrogen) atoms. The van der Waals surface area contributed by atoms with Gasteiger partial charge in [0.1, 0.15) is 5.75 Å². The van der Waals surface area contributed by atoms with E-state index in [4.69, 9.17) is 10.5 Å². The van der Waals surface area contributed by atoms with Crippen molar-refractivity contribution >= 4 is 23.1 Å². The van der Waals surface area contributed by atoms with E-state index in [0.29, 0.717) is 0 Å². The first-order valence-electron chi connectivity index (χ1n) is 6.27. The summed E-state index contributed by atoms with van der Waals surface area (Å²) >= 11 is 2.04. The van der Waals surface area contributed by atoms with Crippen LogP contribution in [0.15, 0.2) is 18.2 Å². The lowest BCUT2D eigenvalue weighted by Crippen LogP contribution is -2.36. The molecule has 1 saturated heterocycles. The van der Waals surface area contributed by atoms with E-state index in [1.165, 1.54) is 24.6 Å². The van der Waals surface area contributed by atoms with Crippen LogP contribution in [0.5, 0.6) is 5.75 Å². The van der Waals surface area contributed by atoms with Crippen LogP contribution in [0.1, 0.15) is 0 Å². The summed E-state index contributed by atoms with van der Waals surface area (Å²) in [5.74, 6) is 3.31. The molecule has 4 nitrogen and oxygen atoms in total. The molecule has 3 N–H and O–H groups in total. The van der Waals surface area contributed by atoms with Gasteiger partial charge in [0.25, 0.3) is 0 Å². The minimum atomic E-state index is 0.739. The molecule has 0 unspecified atom stereocenters. The van der Waals surface area contributed by atoms with Crippen molar-refractivity contribution in [2.24, 2.45) is 0 Å². The molecule has 0 spiro atoms. The van der Waals surface area contributed by atoms with Crippen LogP contribution in [-0.4, -0.2) is 49.7 Å². The highest BCUT2D eigenvalue weighted by atomic mass is 32.2. The number of benzene rings is 1. The zero-order chi connectivity index (χ0) is 12.8. The van der Waals surface area contributed by atoms with Gasteiger partial charge in [-0.2, -0.15) is 11.8 Å². The molecule has 1 aliphatic heterocycles. The number of nitrogen functional groups attached to an aromatic ring is 1. The van der Waals surface area contributed by atoms with E-state index in [1.807, 2.05) is 30.0 Å². The molecular formula is C13H21N3OS. The number of thioether (sulfide) groups is 1. The molecule has 0 amide bonds. The van der Waals surface area contributed by atoms with Gasteiger partial charge < -0.3 is 15.8 Å². The van der Waals surface area contributed by atoms with E-state index in [-0.39, 0.29) is 0 Å². The van der Waals surface area contributed by atoms with E-state index < -0.39 is 0 Å². The van der Waals surface area contributed by atoms with Gasteiger partial charge in [0.15, 0.2) is 0 Å². The first kappa shape index (κ1) is 13.4. The van der Waals surface area contributed by atoms with Crippen molar-refractivity contribution in [1.82, 2.24) is 4.90 Å². The predicted molar refractivity (Wildman–Crippen MR) is 79.7 cm³/mol. The average Bonchev–Trinajstić information content (AvgIpc) is 2.42. The second-order valence-corrected chi connectivity index (χ2v) is 5.56. The Hall–Kier alpha value is -1.07. The van der Waals surface area contributed by atoms with Gasteiger partial charge in [0.2, 0.25) is 0 Å². The third kappa shape index (κ3) is 3.71. The zero-order valence-electron chi connectivity index (χ0n) is 10.8. The molecule has 1 aromatic rings. The van der Waals surface area contributed by atoms with Crippen LogP contribution in [0.25, 0.3) is 0 Å². The number of rotatable bonds is 5. The molecule has 5 heteroatoms. The summed E-state index contributed by atoms with van der Waals surface area (Å²) in [6.07, 6.45) is 0. The third-order valence-corrected chi connectivity index (χ3v) is 4.05. The summed E-state index contributed by atoms with van der Waals surface area (Å²) in [4.78, 5) is 2.49. The van der Waals surface area contributed by atoms with Gasteiger partial charge in [0, 0.05) is 43.8 Å². The Kier molecular flexibility index (Phi) is 5.01. The molecule has 0 saturated carbocycles. The summed E-state index contributed by atoms with van der Waals surface area (Å²) in [6, 6.07) is 5.75. The second-order valence-electron chi connectivity index (χ2n) is 4.33. The number of anilines is 2. The number of nitrogens with zero attached hydrogens (tertiary/aromatic N) is 1. The summed E-state index contributed by atoms with van der Waals surface area (Å²) in [6.45, 7) is 4.40. The molecule has 1 aliphatic rings. The fourth-order valence-electron chi connectivity index (χ4n) is 2.00.